The van der Waals surface area contributed by atoms with Gasteiger partial charge in [0, 0.05) is 19.6 Å². The van der Waals surface area contributed by atoms with Crippen LogP contribution in [0.25, 0.3) is 0 Å². The molecule has 0 unspecified atom stereocenters. The molecule has 1 amide bonds. The normalized spacial score (nSPS) is 17.4. The molecule has 0 bridgehead atoms. The number of halogens is 9. The van der Waals surface area contributed by atoms with Crippen molar-refractivity contribution in [3.8, 4) is 0 Å². The first-order valence-electron chi connectivity index (χ1n) is 10.4. The lowest BCUT2D eigenvalue weighted by Gasteiger charge is -2.40. The Morgan fingerprint density at radius 1 is 0.943 bits per heavy atom. The zero-order valence-electron chi connectivity index (χ0n) is 18.6. The molecule has 5 nitrogen and oxygen atoms in total. The van der Waals surface area contributed by atoms with Gasteiger partial charge in [-0.1, -0.05) is 13.8 Å². The summed E-state index contributed by atoms with van der Waals surface area (Å²) in [5.74, 6) is -3.15. The van der Waals surface area contributed by atoms with Gasteiger partial charge in [-0.3, -0.25) is 4.79 Å². The second-order valence-electron chi connectivity index (χ2n) is 8.78. The molecule has 1 heterocycles. The van der Waals surface area contributed by atoms with Gasteiger partial charge in [0.15, 0.2) is 0 Å². The first kappa shape index (κ1) is 28.7. The van der Waals surface area contributed by atoms with Crippen LogP contribution in [0.15, 0.2) is 18.2 Å². The molecule has 2 rings (SSSR count). The molecule has 35 heavy (non-hydrogen) atoms. The van der Waals surface area contributed by atoms with Crippen LogP contribution in [0.5, 0.6) is 0 Å². The van der Waals surface area contributed by atoms with E-state index < -0.39 is 59.1 Å². The molecule has 1 aliphatic heterocycles. The van der Waals surface area contributed by atoms with Crippen molar-refractivity contribution in [2.24, 2.45) is 11.3 Å². The molecule has 1 saturated heterocycles. The van der Waals surface area contributed by atoms with Gasteiger partial charge < -0.3 is 10.2 Å². The number of nitrogens with one attached hydrogen (secondary N) is 1. The van der Waals surface area contributed by atoms with E-state index >= 15 is 0 Å². The lowest BCUT2D eigenvalue weighted by Crippen LogP contribution is -2.50. The van der Waals surface area contributed by atoms with Crippen molar-refractivity contribution in [3.05, 3.63) is 34.9 Å². The summed E-state index contributed by atoms with van der Waals surface area (Å²) in [7, 11) is 0. The molecule has 1 aromatic rings. The number of benzene rings is 1. The zero-order chi connectivity index (χ0) is 26.8. The maximum absolute atomic E-state index is 13.1. The second-order valence-corrected chi connectivity index (χ2v) is 8.78. The number of carbonyl (C=O) groups is 2. The lowest BCUT2D eigenvalue weighted by molar-refractivity contribution is -0.244. The molecule has 0 atom stereocenters. The number of rotatable bonds is 6. The highest BCUT2D eigenvalue weighted by Crippen LogP contribution is 2.39. The van der Waals surface area contributed by atoms with Crippen molar-refractivity contribution in [2.75, 3.05) is 13.1 Å². The molecule has 1 N–H and O–H groups in total. The Morgan fingerprint density at radius 3 is 1.83 bits per heavy atom. The first-order valence-corrected chi connectivity index (χ1v) is 10.4. The summed E-state index contributed by atoms with van der Waals surface area (Å²) in [4.78, 5) is 28.3. The summed E-state index contributed by atoms with van der Waals surface area (Å²) in [5, 5.41) is 3.14. The minimum atomic E-state index is -5.20. The van der Waals surface area contributed by atoms with Crippen LogP contribution in [0.3, 0.4) is 0 Å². The van der Waals surface area contributed by atoms with Gasteiger partial charge in [-0.2, -0.15) is 39.5 Å². The number of amides is 1. The molecule has 0 aromatic heterocycles. The van der Waals surface area contributed by atoms with E-state index in [1.54, 1.807) is 13.8 Å². The molecule has 0 radical (unpaired) electrons. The topological polar surface area (TPSA) is 58.6 Å². The van der Waals surface area contributed by atoms with Crippen LogP contribution < -0.4 is 5.32 Å². The van der Waals surface area contributed by atoms with Crippen molar-refractivity contribution in [3.63, 3.8) is 0 Å². The highest BCUT2D eigenvalue weighted by atomic mass is 19.4. The highest BCUT2D eigenvalue weighted by molar-refractivity contribution is 5.82. The summed E-state index contributed by atoms with van der Waals surface area (Å²) in [6, 6.07) is 0.983. The van der Waals surface area contributed by atoms with E-state index in [0.29, 0.717) is 12.1 Å². The Bertz CT molecular complexity index is 884. The molecule has 1 aliphatic rings. The van der Waals surface area contributed by atoms with Crippen LogP contribution in [0, 0.1) is 11.3 Å². The van der Waals surface area contributed by atoms with Crippen LogP contribution >= 0.6 is 0 Å². The van der Waals surface area contributed by atoms with Gasteiger partial charge in [-0.05, 0) is 48.9 Å². The largest absolute Gasteiger partial charge is 0.492 e. The van der Waals surface area contributed by atoms with E-state index in [2.05, 4.69) is 10.2 Å². The molecule has 1 aromatic carbocycles. The SMILES string of the molecule is CC(C)CC1(C(=O)NCc2cc(C(F)(F)F)cc(C(F)(F)F)c2)CCN(OC(=O)C(F)(F)F)CC1. The molecule has 0 aliphatic carbocycles. The van der Waals surface area contributed by atoms with Crippen LogP contribution in [0.2, 0.25) is 0 Å². The van der Waals surface area contributed by atoms with Gasteiger partial charge in [-0.25, -0.2) is 4.79 Å². The van der Waals surface area contributed by atoms with Gasteiger partial charge in [-0.15, -0.1) is 5.06 Å². The van der Waals surface area contributed by atoms with E-state index in [4.69, 9.17) is 0 Å². The third kappa shape index (κ3) is 7.74. The fourth-order valence-corrected chi connectivity index (χ4v) is 3.97. The standard InChI is InChI=1S/C21H23F9N2O3/c1-12(2)10-18(3-5-32(6-4-18)35-17(34)21(28,29)30)16(33)31-11-13-7-14(19(22,23)24)9-15(8-13)20(25,26)27/h7-9,12H,3-6,10-11H2,1-2H3,(H,31,33). The van der Waals surface area contributed by atoms with E-state index in [1.807, 2.05) is 0 Å². The number of alkyl halides is 9. The number of nitrogens with zero attached hydrogens (tertiary/aromatic N) is 1. The van der Waals surface area contributed by atoms with E-state index in [-0.39, 0.29) is 44.3 Å². The fourth-order valence-electron chi connectivity index (χ4n) is 3.97. The van der Waals surface area contributed by atoms with Gasteiger partial charge >= 0.3 is 24.5 Å². The van der Waals surface area contributed by atoms with Crippen LogP contribution in [0.4, 0.5) is 39.5 Å². The van der Waals surface area contributed by atoms with Crippen LogP contribution in [-0.2, 0) is 33.3 Å². The van der Waals surface area contributed by atoms with Gasteiger partial charge in [0.1, 0.15) is 0 Å². The zero-order valence-corrected chi connectivity index (χ0v) is 18.6. The molecule has 0 spiro atoms. The number of hydrogen-bond acceptors (Lipinski definition) is 4. The number of hydrogen-bond donors (Lipinski definition) is 1. The van der Waals surface area contributed by atoms with E-state index in [0.717, 1.165) is 5.06 Å². The second kappa shape index (κ2) is 10.2. The number of carbonyl (C=O) groups excluding carboxylic acids is 2. The Morgan fingerprint density at radius 2 is 1.43 bits per heavy atom. The Labute approximate surface area is 194 Å². The van der Waals surface area contributed by atoms with Crippen LogP contribution in [-0.4, -0.2) is 36.2 Å². The van der Waals surface area contributed by atoms with Crippen LogP contribution in [0.1, 0.15) is 49.8 Å². The minimum absolute atomic E-state index is 0.0243. The minimum Gasteiger partial charge on any atom is -0.361 e. The third-order valence-electron chi connectivity index (χ3n) is 5.50. The Kier molecular flexibility index (Phi) is 8.40. The summed E-state index contributed by atoms with van der Waals surface area (Å²) in [6.45, 7) is 2.48. The summed E-state index contributed by atoms with van der Waals surface area (Å²) in [5.41, 5.74) is -4.62. The maximum atomic E-state index is 13.1. The number of hydroxylamine groups is 2. The Balaban J connectivity index is 2.18. The van der Waals surface area contributed by atoms with Crippen molar-refractivity contribution >= 4 is 11.9 Å². The van der Waals surface area contributed by atoms with E-state index in [9.17, 15) is 49.1 Å². The average molecular weight is 522 g/mol. The number of piperidine rings is 1. The van der Waals surface area contributed by atoms with Crippen molar-refractivity contribution in [2.45, 2.75) is 58.2 Å². The van der Waals surface area contributed by atoms with Gasteiger partial charge in [0.05, 0.1) is 16.5 Å². The summed E-state index contributed by atoms with van der Waals surface area (Å²) >= 11 is 0. The smallest absolute Gasteiger partial charge is 0.361 e. The monoisotopic (exact) mass is 522 g/mol. The quantitative estimate of drug-likeness (QED) is 0.503. The van der Waals surface area contributed by atoms with Crippen molar-refractivity contribution < 1.29 is 53.9 Å². The molecule has 14 heteroatoms. The highest BCUT2D eigenvalue weighted by Gasteiger charge is 2.46. The molecule has 0 saturated carbocycles. The molecule has 1 fully saturated rings. The summed E-state index contributed by atoms with van der Waals surface area (Å²) < 4.78 is 116. The third-order valence-corrected chi connectivity index (χ3v) is 5.50. The fraction of sp³-hybridized carbons (Fsp3) is 0.619. The van der Waals surface area contributed by atoms with E-state index in [1.165, 1.54) is 0 Å². The first-order chi connectivity index (χ1) is 15.8. The maximum Gasteiger partial charge on any atom is 0.492 e. The molecule has 198 valence electrons. The van der Waals surface area contributed by atoms with Crippen molar-refractivity contribution in [1.29, 1.82) is 0 Å². The lowest BCUT2D eigenvalue weighted by atomic mass is 9.72. The predicted molar refractivity (Wildman–Crippen MR) is 103 cm³/mol. The Hall–Kier alpha value is -2.51. The summed E-state index contributed by atoms with van der Waals surface area (Å²) in [6.07, 6.45) is -15.1. The van der Waals surface area contributed by atoms with Crippen molar-refractivity contribution in [1.82, 2.24) is 10.4 Å². The van der Waals surface area contributed by atoms with Gasteiger partial charge in [0.2, 0.25) is 5.91 Å². The van der Waals surface area contributed by atoms with Gasteiger partial charge in [0.25, 0.3) is 0 Å². The average Bonchev–Trinajstić information content (AvgIpc) is 2.70. The molecular formula is C21H23F9N2O3. The molecular weight excluding hydrogens is 499 g/mol. The predicted octanol–water partition coefficient (Wildman–Crippen LogP) is 5.49.